The van der Waals surface area contributed by atoms with E-state index in [0.717, 1.165) is 30.4 Å². The zero-order valence-corrected chi connectivity index (χ0v) is 15.0. The Kier molecular flexibility index (Phi) is 6.59. The number of carbonyl (C=O) groups excluding carboxylic acids is 2. The molecule has 1 heterocycles. The number of piperidine rings is 1. The number of nitrogens with two attached hydrogens (primary N) is 1. The smallest absolute Gasteiger partial charge is 0.251 e. The molecule has 5 nitrogen and oxygen atoms in total. The molecule has 0 aliphatic carbocycles. The molecular weight excluding hydrogens is 358 g/mol. The van der Waals surface area contributed by atoms with Crippen LogP contribution < -0.4 is 11.1 Å². The van der Waals surface area contributed by atoms with Gasteiger partial charge in [0.2, 0.25) is 5.91 Å². The molecule has 2 rings (SSSR count). The standard InChI is InChI=1S/C17H24BrN3O2/c1-12(19)14-3-2-10-21(11-14)16(22)8-9-20-17(23)13-4-6-15(18)7-5-13/h4-7,12,14H,2-3,8-11,19H2,1H3,(H,20,23). The molecule has 2 amide bonds. The van der Waals surface area contributed by atoms with Crippen LogP contribution in [0.3, 0.4) is 0 Å². The molecule has 0 bridgehead atoms. The van der Waals surface area contributed by atoms with Gasteiger partial charge in [0.05, 0.1) is 0 Å². The van der Waals surface area contributed by atoms with E-state index < -0.39 is 0 Å². The molecule has 3 N–H and O–H groups in total. The molecule has 2 atom stereocenters. The Balaban J connectivity index is 1.76. The summed E-state index contributed by atoms with van der Waals surface area (Å²) in [6, 6.07) is 7.25. The van der Waals surface area contributed by atoms with E-state index in [1.54, 1.807) is 12.1 Å². The molecule has 126 valence electrons. The summed E-state index contributed by atoms with van der Waals surface area (Å²) >= 11 is 3.33. The van der Waals surface area contributed by atoms with Gasteiger partial charge in [-0.2, -0.15) is 0 Å². The van der Waals surface area contributed by atoms with Crippen LogP contribution in [0.4, 0.5) is 0 Å². The first kappa shape index (κ1) is 17.9. The Hall–Kier alpha value is -1.40. The predicted molar refractivity (Wildman–Crippen MR) is 94.0 cm³/mol. The third-order valence-electron chi connectivity index (χ3n) is 4.28. The number of rotatable bonds is 5. The van der Waals surface area contributed by atoms with Crippen molar-refractivity contribution in [3.05, 3.63) is 34.3 Å². The lowest BCUT2D eigenvalue weighted by molar-refractivity contribution is -0.132. The lowest BCUT2D eigenvalue weighted by atomic mass is 9.92. The number of amides is 2. The minimum Gasteiger partial charge on any atom is -0.352 e. The van der Waals surface area contributed by atoms with E-state index in [9.17, 15) is 9.59 Å². The number of nitrogens with one attached hydrogen (secondary N) is 1. The SMILES string of the molecule is CC(N)C1CCCN(C(=O)CCNC(=O)c2ccc(Br)cc2)C1. The molecule has 0 spiro atoms. The molecule has 1 aliphatic heterocycles. The van der Waals surface area contributed by atoms with Crippen LogP contribution in [0.1, 0.15) is 36.5 Å². The number of nitrogens with zero attached hydrogens (tertiary/aromatic N) is 1. The fraction of sp³-hybridized carbons (Fsp3) is 0.529. The number of likely N-dealkylation sites (tertiary alicyclic amines) is 1. The van der Waals surface area contributed by atoms with Crippen molar-refractivity contribution in [2.75, 3.05) is 19.6 Å². The Labute approximate surface area is 145 Å². The maximum Gasteiger partial charge on any atom is 0.251 e. The van der Waals surface area contributed by atoms with Crippen molar-refractivity contribution in [3.8, 4) is 0 Å². The minimum absolute atomic E-state index is 0.0893. The van der Waals surface area contributed by atoms with E-state index in [0.29, 0.717) is 24.4 Å². The van der Waals surface area contributed by atoms with Crippen molar-refractivity contribution in [2.24, 2.45) is 11.7 Å². The summed E-state index contributed by atoms with van der Waals surface area (Å²) < 4.78 is 0.929. The summed E-state index contributed by atoms with van der Waals surface area (Å²) in [6.45, 7) is 3.88. The highest BCUT2D eigenvalue weighted by Crippen LogP contribution is 2.19. The molecule has 1 aliphatic rings. The fourth-order valence-electron chi connectivity index (χ4n) is 2.81. The molecular formula is C17H24BrN3O2. The van der Waals surface area contributed by atoms with E-state index in [1.165, 1.54) is 0 Å². The first-order valence-corrected chi connectivity index (χ1v) is 8.84. The summed E-state index contributed by atoms with van der Waals surface area (Å²) in [5, 5.41) is 2.80. The van der Waals surface area contributed by atoms with E-state index in [2.05, 4.69) is 21.2 Å². The van der Waals surface area contributed by atoms with Crippen molar-refractivity contribution in [1.82, 2.24) is 10.2 Å². The van der Waals surface area contributed by atoms with Crippen LogP contribution in [0.15, 0.2) is 28.7 Å². The van der Waals surface area contributed by atoms with Crippen LogP contribution >= 0.6 is 15.9 Å². The van der Waals surface area contributed by atoms with Crippen LogP contribution in [0.5, 0.6) is 0 Å². The second kappa shape index (κ2) is 8.45. The summed E-state index contributed by atoms with van der Waals surface area (Å²) in [4.78, 5) is 26.1. The van der Waals surface area contributed by atoms with Crippen molar-refractivity contribution in [1.29, 1.82) is 0 Å². The van der Waals surface area contributed by atoms with Gasteiger partial charge in [-0.3, -0.25) is 9.59 Å². The first-order valence-electron chi connectivity index (χ1n) is 8.04. The Bertz CT molecular complexity index is 545. The summed E-state index contributed by atoms with van der Waals surface area (Å²) in [6.07, 6.45) is 2.42. The molecule has 23 heavy (non-hydrogen) atoms. The largest absolute Gasteiger partial charge is 0.352 e. The third-order valence-corrected chi connectivity index (χ3v) is 4.81. The van der Waals surface area contributed by atoms with Crippen LogP contribution in [-0.4, -0.2) is 42.4 Å². The number of halogens is 1. The summed E-state index contributed by atoms with van der Waals surface area (Å²) in [5.41, 5.74) is 6.54. The van der Waals surface area contributed by atoms with Crippen LogP contribution in [0.2, 0.25) is 0 Å². The number of hydrogen-bond acceptors (Lipinski definition) is 3. The molecule has 1 aromatic rings. The van der Waals surface area contributed by atoms with Gasteiger partial charge >= 0.3 is 0 Å². The monoisotopic (exact) mass is 381 g/mol. The van der Waals surface area contributed by atoms with Gasteiger partial charge in [0, 0.05) is 42.1 Å². The molecule has 1 saturated heterocycles. The predicted octanol–water partition coefficient (Wildman–Crippen LogP) is 2.15. The fourth-order valence-corrected chi connectivity index (χ4v) is 3.07. The van der Waals surface area contributed by atoms with Gasteiger partial charge in [0.25, 0.3) is 5.91 Å². The second-order valence-electron chi connectivity index (χ2n) is 6.11. The van der Waals surface area contributed by atoms with E-state index in [-0.39, 0.29) is 17.9 Å². The van der Waals surface area contributed by atoms with Gasteiger partial charge in [0.15, 0.2) is 0 Å². The van der Waals surface area contributed by atoms with Crippen LogP contribution in [-0.2, 0) is 4.79 Å². The average molecular weight is 382 g/mol. The van der Waals surface area contributed by atoms with Crippen molar-refractivity contribution in [2.45, 2.75) is 32.2 Å². The quantitative estimate of drug-likeness (QED) is 0.820. The molecule has 1 fully saturated rings. The highest BCUT2D eigenvalue weighted by Gasteiger charge is 2.25. The average Bonchev–Trinajstić information content (AvgIpc) is 2.55. The Morgan fingerprint density at radius 1 is 1.39 bits per heavy atom. The van der Waals surface area contributed by atoms with Gasteiger partial charge in [-0.15, -0.1) is 0 Å². The van der Waals surface area contributed by atoms with Crippen LogP contribution in [0.25, 0.3) is 0 Å². The van der Waals surface area contributed by atoms with Crippen molar-refractivity contribution >= 4 is 27.7 Å². The van der Waals surface area contributed by atoms with Gasteiger partial charge in [-0.25, -0.2) is 0 Å². The number of carbonyl (C=O) groups is 2. The van der Waals surface area contributed by atoms with Crippen LogP contribution in [0, 0.1) is 5.92 Å². The van der Waals surface area contributed by atoms with Gasteiger partial charge in [-0.1, -0.05) is 15.9 Å². The van der Waals surface area contributed by atoms with Gasteiger partial charge in [-0.05, 0) is 49.9 Å². The Morgan fingerprint density at radius 3 is 2.74 bits per heavy atom. The Morgan fingerprint density at radius 2 is 2.09 bits per heavy atom. The number of benzene rings is 1. The van der Waals surface area contributed by atoms with E-state index >= 15 is 0 Å². The lowest BCUT2D eigenvalue weighted by Crippen LogP contribution is -2.45. The van der Waals surface area contributed by atoms with E-state index in [1.807, 2.05) is 24.0 Å². The third kappa shape index (κ3) is 5.32. The zero-order chi connectivity index (χ0) is 16.8. The van der Waals surface area contributed by atoms with E-state index in [4.69, 9.17) is 5.73 Å². The molecule has 0 saturated carbocycles. The maximum atomic E-state index is 12.3. The highest BCUT2D eigenvalue weighted by molar-refractivity contribution is 9.10. The van der Waals surface area contributed by atoms with Gasteiger partial charge < -0.3 is 16.0 Å². The minimum atomic E-state index is -0.155. The summed E-state index contributed by atoms with van der Waals surface area (Å²) in [7, 11) is 0. The van der Waals surface area contributed by atoms with Gasteiger partial charge in [0.1, 0.15) is 0 Å². The topological polar surface area (TPSA) is 75.4 Å². The van der Waals surface area contributed by atoms with Crippen molar-refractivity contribution in [3.63, 3.8) is 0 Å². The molecule has 0 aromatic heterocycles. The normalized spacial score (nSPS) is 19.3. The first-order chi connectivity index (χ1) is 11.0. The second-order valence-corrected chi connectivity index (χ2v) is 7.03. The maximum absolute atomic E-state index is 12.3. The van der Waals surface area contributed by atoms with Crippen molar-refractivity contribution < 1.29 is 9.59 Å². The lowest BCUT2D eigenvalue weighted by Gasteiger charge is -2.34. The molecule has 6 heteroatoms. The highest BCUT2D eigenvalue weighted by atomic mass is 79.9. The number of hydrogen-bond donors (Lipinski definition) is 2. The molecule has 1 aromatic carbocycles. The zero-order valence-electron chi connectivity index (χ0n) is 13.4. The molecule has 0 radical (unpaired) electrons. The molecule has 2 unspecified atom stereocenters. The summed E-state index contributed by atoms with van der Waals surface area (Å²) in [5.74, 6) is 0.314.